The van der Waals surface area contributed by atoms with Crippen molar-refractivity contribution in [3.63, 3.8) is 0 Å². The van der Waals surface area contributed by atoms with Gasteiger partial charge in [0.05, 0.1) is 5.02 Å². The van der Waals surface area contributed by atoms with E-state index in [-0.39, 0.29) is 15.6 Å². The smallest absolute Gasteiger partial charge is 0.243 e. The third-order valence-corrected chi connectivity index (χ3v) is 4.39. The quantitative estimate of drug-likeness (QED) is 0.699. The van der Waals surface area contributed by atoms with Crippen LogP contribution in [0.4, 0.5) is 5.69 Å². The van der Waals surface area contributed by atoms with Crippen molar-refractivity contribution in [1.82, 2.24) is 4.72 Å². The maximum Gasteiger partial charge on any atom is 0.243 e. The van der Waals surface area contributed by atoms with Gasteiger partial charge in [-0.2, -0.15) is 4.72 Å². The summed E-state index contributed by atoms with van der Waals surface area (Å²) in [6.45, 7) is 2.71. The van der Waals surface area contributed by atoms with Crippen LogP contribution in [0.5, 0.6) is 0 Å². The van der Waals surface area contributed by atoms with Gasteiger partial charge in [0.25, 0.3) is 0 Å². The molecule has 0 saturated heterocycles. The fraction of sp³-hybridized carbons (Fsp3) is 0.300. The lowest BCUT2D eigenvalue weighted by atomic mass is 10.1. The highest BCUT2D eigenvalue weighted by Crippen LogP contribution is 2.24. The number of halogens is 1. The summed E-state index contributed by atoms with van der Waals surface area (Å²) in [6.07, 6.45) is 0. The molecule has 0 bridgehead atoms. The van der Waals surface area contributed by atoms with E-state index in [2.05, 4.69) is 4.72 Å². The van der Waals surface area contributed by atoms with Crippen LogP contribution in [-0.2, 0) is 14.8 Å². The van der Waals surface area contributed by atoms with Gasteiger partial charge < -0.3 is 11.5 Å². The van der Waals surface area contributed by atoms with Crippen LogP contribution < -0.4 is 16.2 Å². The Morgan fingerprint density at radius 1 is 1.39 bits per heavy atom. The van der Waals surface area contributed by atoms with E-state index < -0.39 is 21.5 Å². The topological polar surface area (TPSA) is 115 Å². The normalized spacial score (nSPS) is 12.4. The number of hydrogen-bond acceptors (Lipinski definition) is 4. The molecule has 6 nitrogen and oxygen atoms in total. The average Bonchev–Trinajstić information content (AvgIpc) is 2.19. The van der Waals surface area contributed by atoms with E-state index in [9.17, 15) is 13.2 Å². The number of nitrogens with one attached hydrogen (secondary N) is 1. The van der Waals surface area contributed by atoms with Gasteiger partial charge in [-0.1, -0.05) is 11.6 Å². The Balaban J connectivity index is 3.23. The number of primary amides is 1. The number of sulfonamides is 1. The van der Waals surface area contributed by atoms with Crippen LogP contribution >= 0.6 is 11.6 Å². The van der Waals surface area contributed by atoms with E-state index >= 15 is 0 Å². The second-order valence-corrected chi connectivity index (χ2v) is 6.34. The van der Waals surface area contributed by atoms with Crippen molar-refractivity contribution in [3.05, 3.63) is 23.2 Å². The van der Waals surface area contributed by atoms with Gasteiger partial charge in [0.15, 0.2) is 0 Å². The molecule has 5 N–H and O–H groups in total. The Bertz CT molecular complexity index is 584. The minimum Gasteiger partial charge on any atom is -0.399 e. The Hall–Kier alpha value is -1.31. The first-order valence-corrected chi connectivity index (χ1v) is 6.81. The number of benzene rings is 1. The fourth-order valence-electron chi connectivity index (χ4n) is 1.17. The second-order valence-electron chi connectivity index (χ2n) is 4.28. The standard InChI is InChI=1S/C10H14ClN3O3S/c1-10(2,9(13)15)14-18(16,17)8-5-6(12)3-4-7(8)11/h3-5,14H,12H2,1-2H3,(H2,13,15). The third kappa shape index (κ3) is 3.12. The van der Waals surface area contributed by atoms with Crippen LogP contribution in [0.15, 0.2) is 23.1 Å². The minimum absolute atomic E-state index is 0.0111. The van der Waals surface area contributed by atoms with Crippen molar-refractivity contribution in [2.75, 3.05) is 5.73 Å². The highest BCUT2D eigenvalue weighted by atomic mass is 35.5. The molecule has 0 atom stereocenters. The lowest BCUT2D eigenvalue weighted by molar-refractivity contribution is -0.122. The Labute approximate surface area is 110 Å². The maximum atomic E-state index is 12.1. The molecule has 8 heteroatoms. The number of nitrogens with two attached hydrogens (primary N) is 2. The number of carbonyl (C=O) groups excluding carboxylic acids is 1. The molecule has 1 aromatic carbocycles. The van der Waals surface area contributed by atoms with E-state index in [0.717, 1.165) is 0 Å². The van der Waals surface area contributed by atoms with Crippen molar-refractivity contribution in [3.8, 4) is 0 Å². The molecular formula is C10H14ClN3O3S. The molecule has 0 aliphatic carbocycles. The van der Waals surface area contributed by atoms with Gasteiger partial charge in [0.2, 0.25) is 15.9 Å². The lowest BCUT2D eigenvalue weighted by Gasteiger charge is -2.22. The molecule has 0 saturated carbocycles. The number of amides is 1. The fourth-order valence-corrected chi connectivity index (χ4v) is 3.09. The molecular weight excluding hydrogens is 278 g/mol. The largest absolute Gasteiger partial charge is 0.399 e. The summed E-state index contributed by atoms with van der Waals surface area (Å²) in [4.78, 5) is 10.9. The molecule has 18 heavy (non-hydrogen) atoms. The molecule has 1 aromatic rings. The first-order chi connectivity index (χ1) is 8.06. The summed E-state index contributed by atoms with van der Waals surface area (Å²) in [7, 11) is -3.98. The highest BCUT2D eigenvalue weighted by Gasteiger charge is 2.32. The number of anilines is 1. The number of nitrogen functional groups attached to an aromatic ring is 1. The van der Waals surface area contributed by atoms with Gasteiger partial charge in [-0.15, -0.1) is 0 Å². The van der Waals surface area contributed by atoms with Gasteiger partial charge >= 0.3 is 0 Å². The molecule has 0 aliphatic heterocycles. The Morgan fingerprint density at radius 2 is 1.94 bits per heavy atom. The summed E-state index contributed by atoms with van der Waals surface area (Å²) in [5, 5.41) is 0.0111. The predicted octanol–water partition coefficient (Wildman–Crippen LogP) is 0.464. The Morgan fingerprint density at radius 3 is 2.44 bits per heavy atom. The van der Waals surface area contributed by atoms with Crippen molar-refractivity contribution < 1.29 is 13.2 Å². The molecule has 1 amide bonds. The molecule has 0 aliphatic rings. The zero-order valence-corrected chi connectivity index (χ0v) is 11.5. The van der Waals surface area contributed by atoms with Crippen LogP contribution in [0.2, 0.25) is 5.02 Å². The van der Waals surface area contributed by atoms with Crippen molar-refractivity contribution >= 4 is 33.2 Å². The average molecular weight is 292 g/mol. The van der Waals surface area contributed by atoms with Crippen molar-refractivity contribution in [2.45, 2.75) is 24.3 Å². The summed E-state index contributed by atoms with van der Waals surface area (Å²) < 4.78 is 26.3. The molecule has 100 valence electrons. The molecule has 0 spiro atoms. The molecule has 1 rings (SSSR count). The van der Waals surface area contributed by atoms with Crippen molar-refractivity contribution in [1.29, 1.82) is 0 Å². The summed E-state index contributed by atoms with van der Waals surface area (Å²) >= 11 is 5.80. The predicted molar refractivity (Wildman–Crippen MR) is 69.5 cm³/mol. The zero-order valence-electron chi connectivity index (χ0n) is 9.90. The second kappa shape index (κ2) is 4.75. The molecule has 0 heterocycles. The van der Waals surface area contributed by atoms with Crippen molar-refractivity contribution in [2.24, 2.45) is 5.73 Å². The van der Waals surface area contributed by atoms with Gasteiger partial charge in [0.1, 0.15) is 10.4 Å². The summed E-state index contributed by atoms with van der Waals surface area (Å²) in [6, 6.07) is 4.05. The van der Waals surface area contributed by atoms with Gasteiger partial charge in [-0.25, -0.2) is 8.42 Å². The Kier molecular flexibility index (Phi) is 3.89. The van der Waals surface area contributed by atoms with Crippen LogP contribution in [0.25, 0.3) is 0 Å². The molecule has 0 radical (unpaired) electrons. The zero-order chi connectivity index (χ0) is 14.1. The van der Waals surface area contributed by atoms with Gasteiger partial charge in [-0.3, -0.25) is 4.79 Å². The molecule has 0 aromatic heterocycles. The first kappa shape index (κ1) is 14.7. The van der Waals surface area contributed by atoms with Crippen LogP contribution in [0.3, 0.4) is 0 Å². The molecule has 0 fully saturated rings. The summed E-state index contributed by atoms with van der Waals surface area (Å²) in [5.74, 6) is -0.800. The molecule has 0 unspecified atom stereocenters. The van der Waals surface area contributed by atoms with E-state index in [0.29, 0.717) is 0 Å². The highest BCUT2D eigenvalue weighted by molar-refractivity contribution is 7.89. The van der Waals surface area contributed by atoms with Crippen LogP contribution in [-0.4, -0.2) is 19.9 Å². The van der Waals surface area contributed by atoms with E-state index in [1.165, 1.54) is 32.0 Å². The number of rotatable bonds is 4. The van der Waals surface area contributed by atoms with E-state index in [4.69, 9.17) is 23.1 Å². The van der Waals surface area contributed by atoms with E-state index in [1.54, 1.807) is 0 Å². The number of hydrogen-bond donors (Lipinski definition) is 3. The number of carbonyl (C=O) groups is 1. The summed E-state index contributed by atoms with van der Waals surface area (Å²) in [5.41, 5.74) is 9.43. The third-order valence-electron chi connectivity index (χ3n) is 2.25. The van der Waals surface area contributed by atoms with Gasteiger partial charge in [0, 0.05) is 5.69 Å². The minimum atomic E-state index is -3.98. The lowest BCUT2D eigenvalue weighted by Crippen LogP contribution is -2.52. The van der Waals surface area contributed by atoms with Gasteiger partial charge in [-0.05, 0) is 32.0 Å². The van der Waals surface area contributed by atoms with Crippen LogP contribution in [0.1, 0.15) is 13.8 Å². The monoisotopic (exact) mass is 291 g/mol. The maximum absolute atomic E-state index is 12.1. The SMILES string of the molecule is CC(C)(NS(=O)(=O)c1cc(N)ccc1Cl)C(N)=O. The van der Waals surface area contributed by atoms with Crippen LogP contribution in [0, 0.1) is 0 Å². The first-order valence-electron chi connectivity index (χ1n) is 4.95. The van der Waals surface area contributed by atoms with E-state index in [1.807, 2.05) is 0 Å².